The molecule has 3 rings (SSSR count). The average molecular weight is 384 g/mol. The lowest BCUT2D eigenvalue weighted by molar-refractivity contribution is -0.117. The van der Waals surface area contributed by atoms with E-state index in [1.165, 1.54) is 16.9 Å². The number of hydrogen-bond acceptors (Lipinski definition) is 5. The summed E-state index contributed by atoms with van der Waals surface area (Å²) in [5, 5.41) is 11.8. The molecule has 0 aliphatic rings. The molecule has 1 N–H and O–H groups in total. The van der Waals surface area contributed by atoms with E-state index in [0.29, 0.717) is 5.13 Å². The van der Waals surface area contributed by atoms with Crippen LogP contribution >= 0.6 is 23.1 Å². The first-order valence-corrected chi connectivity index (χ1v) is 10.4. The van der Waals surface area contributed by atoms with Gasteiger partial charge in [0.15, 0.2) is 4.34 Å². The van der Waals surface area contributed by atoms with Crippen LogP contribution in [0, 0.1) is 0 Å². The smallest absolute Gasteiger partial charge is 0.233 e. The largest absolute Gasteiger partial charge is 0.300 e. The molecule has 3 aromatic rings. The number of rotatable bonds is 8. The van der Waals surface area contributed by atoms with Crippen LogP contribution in [0.1, 0.15) is 30.4 Å². The molecule has 0 aliphatic heterocycles. The third-order valence-electron chi connectivity index (χ3n) is 4.02. The summed E-state index contributed by atoms with van der Waals surface area (Å²) in [5.41, 5.74) is 2.33. The number of anilines is 1. The zero-order valence-electron chi connectivity index (χ0n) is 14.6. The van der Waals surface area contributed by atoms with Crippen molar-refractivity contribution in [2.24, 2.45) is 0 Å². The number of nitrogens with zero attached hydrogens (tertiary/aromatic N) is 2. The molecule has 1 atom stereocenters. The maximum atomic E-state index is 12.6. The number of amides is 1. The molecule has 0 spiro atoms. The van der Waals surface area contributed by atoms with Crippen LogP contribution in [0.4, 0.5) is 5.13 Å². The summed E-state index contributed by atoms with van der Waals surface area (Å²) < 4.78 is 0.879. The van der Waals surface area contributed by atoms with E-state index in [-0.39, 0.29) is 11.8 Å². The number of aromatic nitrogens is 2. The molecule has 1 amide bonds. The maximum absolute atomic E-state index is 12.6. The van der Waals surface area contributed by atoms with Crippen molar-refractivity contribution in [2.45, 2.75) is 30.0 Å². The molecule has 0 bridgehead atoms. The van der Waals surface area contributed by atoms with Gasteiger partial charge in [-0.3, -0.25) is 10.1 Å². The Bertz CT molecular complexity index is 821. The summed E-state index contributed by atoms with van der Waals surface area (Å²) in [6.07, 6.45) is 1.73. The Hall–Kier alpha value is -2.18. The van der Waals surface area contributed by atoms with E-state index in [2.05, 4.69) is 39.8 Å². The van der Waals surface area contributed by atoms with Crippen LogP contribution in [0.15, 0.2) is 65.0 Å². The monoisotopic (exact) mass is 383 g/mol. The standard InChI is InChI=1S/C20H21N3OS2/c1-2-17(16-11-7-4-8-12-16)18(24)21-19-22-23-20(26-19)25-14-13-15-9-5-3-6-10-15/h3-12,17H,2,13-14H2,1H3,(H,21,22,24). The minimum Gasteiger partial charge on any atom is -0.300 e. The Labute approximate surface area is 162 Å². The number of thioether (sulfide) groups is 1. The van der Waals surface area contributed by atoms with Crippen molar-refractivity contribution in [1.82, 2.24) is 10.2 Å². The van der Waals surface area contributed by atoms with Crippen molar-refractivity contribution in [3.63, 3.8) is 0 Å². The lowest BCUT2D eigenvalue weighted by Crippen LogP contribution is -2.20. The quantitative estimate of drug-likeness (QED) is 0.439. The fraction of sp³-hybridized carbons (Fsp3) is 0.250. The molecule has 1 aromatic heterocycles. The number of carbonyl (C=O) groups excluding carboxylic acids is 1. The van der Waals surface area contributed by atoms with E-state index >= 15 is 0 Å². The van der Waals surface area contributed by atoms with Gasteiger partial charge in [0.2, 0.25) is 11.0 Å². The van der Waals surface area contributed by atoms with Crippen LogP contribution < -0.4 is 5.32 Å². The van der Waals surface area contributed by atoms with E-state index in [4.69, 9.17) is 0 Å². The molecule has 0 fully saturated rings. The lowest BCUT2D eigenvalue weighted by Gasteiger charge is -2.13. The Balaban J connectivity index is 1.53. The molecule has 2 aromatic carbocycles. The van der Waals surface area contributed by atoms with Crippen molar-refractivity contribution in [3.05, 3.63) is 71.8 Å². The number of nitrogens with one attached hydrogen (secondary N) is 1. The van der Waals surface area contributed by atoms with E-state index in [1.807, 2.05) is 43.3 Å². The molecule has 0 aliphatic carbocycles. The summed E-state index contributed by atoms with van der Waals surface area (Å²) >= 11 is 3.10. The van der Waals surface area contributed by atoms with E-state index in [1.54, 1.807) is 11.8 Å². The highest BCUT2D eigenvalue weighted by molar-refractivity contribution is 8.01. The fourth-order valence-corrected chi connectivity index (χ4v) is 4.48. The average Bonchev–Trinajstić information content (AvgIpc) is 3.11. The SMILES string of the molecule is CCC(C(=O)Nc1nnc(SCCc2ccccc2)s1)c1ccccc1. The molecule has 26 heavy (non-hydrogen) atoms. The minimum atomic E-state index is -0.172. The Morgan fingerprint density at radius 3 is 2.46 bits per heavy atom. The van der Waals surface area contributed by atoms with Gasteiger partial charge in [-0.2, -0.15) is 0 Å². The Morgan fingerprint density at radius 1 is 1.08 bits per heavy atom. The molecule has 4 nitrogen and oxygen atoms in total. The summed E-state index contributed by atoms with van der Waals surface area (Å²) in [5.74, 6) is 0.735. The van der Waals surface area contributed by atoms with Gasteiger partial charge >= 0.3 is 0 Å². The van der Waals surface area contributed by atoms with Gasteiger partial charge in [0.05, 0.1) is 5.92 Å². The van der Waals surface area contributed by atoms with Crippen LogP contribution in [0.25, 0.3) is 0 Å². The zero-order chi connectivity index (χ0) is 18.2. The van der Waals surface area contributed by atoms with Gasteiger partial charge in [-0.1, -0.05) is 90.7 Å². The van der Waals surface area contributed by atoms with Gasteiger partial charge in [0, 0.05) is 5.75 Å². The second-order valence-electron chi connectivity index (χ2n) is 5.82. The van der Waals surface area contributed by atoms with Crippen LogP contribution in [0.2, 0.25) is 0 Å². The lowest BCUT2D eigenvalue weighted by atomic mass is 9.96. The first-order valence-electron chi connectivity index (χ1n) is 8.62. The molecular weight excluding hydrogens is 362 g/mol. The molecule has 0 saturated heterocycles. The fourth-order valence-electron chi connectivity index (χ4n) is 2.67. The third kappa shape index (κ3) is 5.16. The second kappa shape index (κ2) is 9.50. The van der Waals surface area contributed by atoms with Crippen LogP contribution in [-0.4, -0.2) is 21.9 Å². The highest BCUT2D eigenvalue weighted by Gasteiger charge is 2.20. The topological polar surface area (TPSA) is 54.9 Å². The minimum absolute atomic E-state index is 0.0318. The van der Waals surface area contributed by atoms with Gasteiger partial charge in [-0.25, -0.2) is 0 Å². The number of benzene rings is 2. The van der Waals surface area contributed by atoms with Crippen LogP contribution in [0.5, 0.6) is 0 Å². The van der Waals surface area contributed by atoms with Gasteiger partial charge in [0.1, 0.15) is 0 Å². The summed E-state index contributed by atoms with van der Waals surface area (Å²) in [4.78, 5) is 12.6. The molecule has 0 radical (unpaired) electrons. The number of hydrogen-bond donors (Lipinski definition) is 1. The molecular formula is C20H21N3OS2. The highest BCUT2D eigenvalue weighted by atomic mass is 32.2. The normalized spacial score (nSPS) is 11.9. The first kappa shape index (κ1) is 18.6. The second-order valence-corrected chi connectivity index (χ2v) is 8.14. The van der Waals surface area contributed by atoms with Crippen LogP contribution in [-0.2, 0) is 11.2 Å². The van der Waals surface area contributed by atoms with Crippen molar-refractivity contribution in [3.8, 4) is 0 Å². The summed E-state index contributed by atoms with van der Waals surface area (Å²) in [7, 11) is 0. The predicted molar refractivity (Wildman–Crippen MR) is 109 cm³/mol. The maximum Gasteiger partial charge on any atom is 0.233 e. The Morgan fingerprint density at radius 2 is 1.77 bits per heavy atom. The predicted octanol–water partition coefficient (Wildman–Crippen LogP) is 5.01. The van der Waals surface area contributed by atoms with Gasteiger partial charge < -0.3 is 0 Å². The molecule has 1 heterocycles. The van der Waals surface area contributed by atoms with Crippen molar-refractivity contribution in [2.75, 3.05) is 11.1 Å². The summed E-state index contributed by atoms with van der Waals surface area (Å²) in [6, 6.07) is 20.2. The molecule has 134 valence electrons. The van der Waals surface area contributed by atoms with E-state index in [0.717, 1.165) is 28.5 Å². The van der Waals surface area contributed by atoms with Gasteiger partial charge in [-0.05, 0) is 24.0 Å². The highest BCUT2D eigenvalue weighted by Crippen LogP contribution is 2.28. The first-order chi connectivity index (χ1) is 12.8. The van der Waals surface area contributed by atoms with Crippen molar-refractivity contribution in [1.29, 1.82) is 0 Å². The zero-order valence-corrected chi connectivity index (χ0v) is 16.2. The molecule has 6 heteroatoms. The summed E-state index contributed by atoms with van der Waals surface area (Å²) in [6.45, 7) is 2.02. The Kier molecular flexibility index (Phi) is 6.80. The van der Waals surface area contributed by atoms with E-state index < -0.39 is 0 Å². The molecule has 0 saturated carbocycles. The van der Waals surface area contributed by atoms with E-state index in [9.17, 15) is 4.79 Å². The van der Waals surface area contributed by atoms with Gasteiger partial charge in [0.25, 0.3) is 0 Å². The van der Waals surface area contributed by atoms with Crippen molar-refractivity contribution < 1.29 is 4.79 Å². The van der Waals surface area contributed by atoms with Crippen molar-refractivity contribution >= 4 is 34.1 Å². The number of aryl methyl sites for hydroxylation is 1. The number of carbonyl (C=O) groups is 1. The van der Waals surface area contributed by atoms with Crippen LogP contribution in [0.3, 0.4) is 0 Å². The van der Waals surface area contributed by atoms with Gasteiger partial charge in [-0.15, -0.1) is 10.2 Å². The molecule has 1 unspecified atom stereocenters. The third-order valence-corrected chi connectivity index (χ3v) is 6.00.